The fraction of sp³-hybridized carbons (Fsp3) is 0.357. The van der Waals surface area contributed by atoms with Crippen molar-refractivity contribution in [2.45, 2.75) is 19.4 Å². The largest absolute Gasteiger partial charge is 0.466 e. The van der Waals surface area contributed by atoms with Crippen LogP contribution in [0.3, 0.4) is 0 Å². The van der Waals surface area contributed by atoms with Crippen molar-refractivity contribution in [2.24, 2.45) is 0 Å². The van der Waals surface area contributed by atoms with Gasteiger partial charge in [0.15, 0.2) is 0 Å². The number of thiophene rings is 1. The quantitative estimate of drug-likeness (QED) is 0.798. The van der Waals surface area contributed by atoms with Gasteiger partial charge in [-0.25, -0.2) is 0 Å². The Morgan fingerprint density at radius 1 is 1.47 bits per heavy atom. The second-order valence-corrected chi connectivity index (χ2v) is 5.16. The number of carbonyl (C=O) groups excluding carboxylic acids is 1. The maximum atomic E-state index is 11.2. The van der Waals surface area contributed by atoms with E-state index in [4.69, 9.17) is 4.74 Å². The number of aliphatic hydroxyl groups excluding tert-OH is 1. The number of ether oxygens (including phenoxy) is 1. The number of rotatable bonds is 6. The van der Waals surface area contributed by atoms with Crippen LogP contribution in [0.4, 0.5) is 5.69 Å². The van der Waals surface area contributed by atoms with Crippen LogP contribution in [0, 0.1) is 0 Å². The van der Waals surface area contributed by atoms with E-state index in [1.807, 2.05) is 23.6 Å². The van der Waals surface area contributed by atoms with E-state index in [0.29, 0.717) is 13.2 Å². The van der Waals surface area contributed by atoms with E-state index < -0.39 is 6.10 Å². The lowest BCUT2D eigenvalue weighted by Crippen LogP contribution is -2.23. The zero-order valence-electron chi connectivity index (χ0n) is 10.8. The smallest absolute Gasteiger partial charge is 0.308 e. The number of hydrogen-bond donors (Lipinski definition) is 2. The molecule has 0 aliphatic carbocycles. The molecule has 0 radical (unpaired) electrons. The van der Waals surface area contributed by atoms with Crippen molar-refractivity contribution < 1.29 is 14.6 Å². The van der Waals surface area contributed by atoms with Gasteiger partial charge < -0.3 is 15.2 Å². The molecule has 0 amide bonds. The minimum absolute atomic E-state index is 0.0154. The molecule has 2 aromatic rings. The topological polar surface area (TPSA) is 58.6 Å². The first kappa shape index (κ1) is 13.8. The molecule has 0 aliphatic rings. The normalized spacial score (nSPS) is 12.3. The Balaban J connectivity index is 1.85. The molecule has 1 aromatic heterocycles. The predicted octanol–water partition coefficient (Wildman–Crippen LogP) is 2.63. The van der Waals surface area contributed by atoms with Gasteiger partial charge in [-0.15, -0.1) is 11.3 Å². The summed E-state index contributed by atoms with van der Waals surface area (Å²) in [5.41, 5.74) is 0.939. The number of nitrogens with one attached hydrogen (secondary N) is 1. The lowest BCUT2D eigenvalue weighted by Gasteiger charge is -2.12. The zero-order chi connectivity index (χ0) is 13.7. The zero-order valence-corrected chi connectivity index (χ0v) is 11.6. The molecule has 19 heavy (non-hydrogen) atoms. The molecule has 102 valence electrons. The Morgan fingerprint density at radius 2 is 2.32 bits per heavy atom. The summed E-state index contributed by atoms with van der Waals surface area (Å²) in [6, 6.07) is 8.10. The molecule has 1 heterocycles. The number of anilines is 1. The number of carbonyl (C=O) groups is 1. The third-order valence-corrected chi connectivity index (χ3v) is 3.60. The van der Waals surface area contributed by atoms with E-state index in [1.165, 1.54) is 10.1 Å². The highest BCUT2D eigenvalue weighted by Crippen LogP contribution is 2.23. The van der Waals surface area contributed by atoms with Gasteiger partial charge in [0.05, 0.1) is 19.1 Å². The van der Waals surface area contributed by atoms with Crippen molar-refractivity contribution in [2.75, 3.05) is 18.5 Å². The Hall–Kier alpha value is -1.59. The molecule has 0 spiro atoms. The molecule has 1 aromatic carbocycles. The predicted molar refractivity (Wildman–Crippen MR) is 77.6 cm³/mol. The van der Waals surface area contributed by atoms with E-state index in [9.17, 15) is 9.90 Å². The van der Waals surface area contributed by atoms with E-state index in [1.54, 1.807) is 18.3 Å². The molecule has 0 saturated carbocycles. The molecule has 1 atom stereocenters. The molecule has 0 aliphatic heterocycles. The first-order valence-electron chi connectivity index (χ1n) is 6.24. The average molecular weight is 279 g/mol. The second kappa shape index (κ2) is 6.54. The molecular weight excluding hydrogens is 262 g/mol. The summed E-state index contributed by atoms with van der Waals surface area (Å²) in [6.07, 6.45) is -0.723. The molecule has 4 nitrogen and oxygen atoms in total. The van der Waals surface area contributed by atoms with Crippen LogP contribution in [0.1, 0.15) is 13.3 Å². The van der Waals surface area contributed by atoms with Gasteiger partial charge in [-0.3, -0.25) is 4.79 Å². The summed E-state index contributed by atoms with van der Waals surface area (Å²) < 4.78 is 6.02. The van der Waals surface area contributed by atoms with Crippen LogP contribution in [0.2, 0.25) is 0 Å². The second-order valence-electron chi connectivity index (χ2n) is 4.22. The first-order valence-corrected chi connectivity index (χ1v) is 7.12. The molecule has 0 fully saturated rings. The van der Waals surface area contributed by atoms with Crippen molar-refractivity contribution >= 4 is 33.1 Å². The minimum atomic E-state index is -0.739. The summed E-state index contributed by atoms with van der Waals surface area (Å²) in [5.74, 6) is -0.370. The van der Waals surface area contributed by atoms with Crippen LogP contribution in [0.5, 0.6) is 0 Å². The van der Waals surface area contributed by atoms with E-state index in [2.05, 4.69) is 11.4 Å². The Morgan fingerprint density at radius 3 is 3.11 bits per heavy atom. The lowest BCUT2D eigenvalue weighted by atomic mass is 10.2. The van der Waals surface area contributed by atoms with Crippen molar-refractivity contribution in [1.82, 2.24) is 0 Å². The Kier molecular flexibility index (Phi) is 4.76. The molecule has 2 N–H and O–H groups in total. The SMILES string of the molecule is CCOC(=O)CC(O)CNc1ccc2sccc2c1. The fourth-order valence-corrected chi connectivity index (χ4v) is 2.57. The van der Waals surface area contributed by atoms with Crippen molar-refractivity contribution in [3.05, 3.63) is 29.6 Å². The summed E-state index contributed by atoms with van der Waals surface area (Å²) in [6.45, 7) is 2.42. The maximum Gasteiger partial charge on any atom is 0.308 e. The number of aliphatic hydroxyl groups is 1. The average Bonchev–Trinajstić information content (AvgIpc) is 2.83. The summed E-state index contributed by atoms with van der Waals surface area (Å²) in [7, 11) is 0. The maximum absolute atomic E-state index is 11.2. The number of benzene rings is 1. The molecular formula is C14H17NO3S. The number of fused-ring (bicyclic) bond motifs is 1. The van der Waals surface area contributed by atoms with Crippen molar-refractivity contribution in [3.8, 4) is 0 Å². The monoisotopic (exact) mass is 279 g/mol. The standard InChI is InChI=1S/C14H17NO3S/c1-2-18-14(17)8-12(16)9-15-11-3-4-13-10(7-11)5-6-19-13/h3-7,12,15-16H,2,8-9H2,1H3. The van der Waals surface area contributed by atoms with Gasteiger partial charge in [-0.05, 0) is 42.0 Å². The van der Waals surface area contributed by atoms with Crippen LogP contribution < -0.4 is 5.32 Å². The number of esters is 1. The van der Waals surface area contributed by atoms with Crippen LogP contribution in [-0.2, 0) is 9.53 Å². The van der Waals surface area contributed by atoms with E-state index >= 15 is 0 Å². The summed E-state index contributed by atoms with van der Waals surface area (Å²) in [5, 5.41) is 16.1. The fourth-order valence-electron chi connectivity index (χ4n) is 1.80. The molecule has 2 rings (SSSR count). The molecule has 1 unspecified atom stereocenters. The van der Waals surface area contributed by atoms with Crippen LogP contribution in [0.25, 0.3) is 10.1 Å². The highest BCUT2D eigenvalue weighted by molar-refractivity contribution is 7.17. The summed E-state index contributed by atoms with van der Waals surface area (Å²) >= 11 is 1.70. The van der Waals surface area contributed by atoms with E-state index in [-0.39, 0.29) is 12.4 Å². The van der Waals surface area contributed by atoms with Gasteiger partial charge in [0, 0.05) is 16.9 Å². The lowest BCUT2D eigenvalue weighted by molar-refractivity contribution is -0.145. The minimum Gasteiger partial charge on any atom is -0.466 e. The van der Waals surface area contributed by atoms with Crippen molar-refractivity contribution in [1.29, 1.82) is 0 Å². The highest BCUT2D eigenvalue weighted by atomic mass is 32.1. The molecule has 0 saturated heterocycles. The van der Waals surface area contributed by atoms with Crippen LogP contribution in [0.15, 0.2) is 29.6 Å². The van der Waals surface area contributed by atoms with Crippen molar-refractivity contribution in [3.63, 3.8) is 0 Å². The van der Waals surface area contributed by atoms with Gasteiger partial charge in [-0.2, -0.15) is 0 Å². The van der Waals surface area contributed by atoms with Gasteiger partial charge in [0.2, 0.25) is 0 Å². The molecule has 5 heteroatoms. The highest BCUT2D eigenvalue weighted by Gasteiger charge is 2.11. The van der Waals surface area contributed by atoms with E-state index in [0.717, 1.165) is 5.69 Å². The number of hydrogen-bond acceptors (Lipinski definition) is 5. The van der Waals surface area contributed by atoms with Crippen LogP contribution >= 0.6 is 11.3 Å². The molecule has 0 bridgehead atoms. The summed E-state index contributed by atoms with van der Waals surface area (Å²) in [4.78, 5) is 11.2. The van der Waals surface area contributed by atoms with Gasteiger partial charge >= 0.3 is 5.97 Å². The van der Waals surface area contributed by atoms with Gasteiger partial charge in [-0.1, -0.05) is 0 Å². The van der Waals surface area contributed by atoms with Crippen LogP contribution in [-0.4, -0.2) is 30.3 Å². The third-order valence-electron chi connectivity index (χ3n) is 2.70. The first-order chi connectivity index (χ1) is 9.19. The Labute approximate surface area is 116 Å². The third kappa shape index (κ3) is 3.94. The Bertz CT molecular complexity index is 552. The van der Waals surface area contributed by atoms with Gasteiger partial charge in [0.1, 0.15) is 0 Å². The van der Waals surface area contributed by atoms with Gasteiger partial charge in [0.25, 0.3) is 0 Å².